The van der Waals surface area contributed by atoms with Gasteiger partial charge >= 0.3 is 5.97 Å². The van der Waals surface area contributed by atoms with Gasteiger partial charge in [0.2, 0.25) is 0 Å². The van der Waals surface area contributed by atoms with E-state index in [-0.39, 0.29) is 23.6 Å². The number of fused-ring (bicyclic) bond motifs is 1. The number of rotatable bonds is 11. The number of hydrogen-bond donors (Lipinski definition) is 3. The van der Waals surface area contributed by atoms with Crippen molar-refractivity contribution in [3.05, 3.63) is 45.9 Å². The van der Waals surface area contributed by atoms with E-state index in [0.717, 1.165) is 50.2 Å². The maximum atomic E-state index is 12.4. The summed E-state index contributed by atoms with van der Waals surface area (Å²) in [5.41, 5.74) is 2.80. The number of aromatic nitrogens is 3. The highest BCUT2D eigenvalue weighted by molar-refractivity contribution is 6.33. The third kappa shape index (κ3) is 6.61. The molecular weight excluding hydrogens is 434 g/mol. The van der Waals surface area contributed by atoms with Crippen molar-refractivity contribution in [2.75, 3.05) is 25.1 Å². The molecule has 1 aliphatic heterocycles. The van der Waals surface area contributed by atoms with Crippen molar-refractivity contribution in [3.8, 4) is 0 Å². The number of carbonyl (C=O) groups excluding carboxylic acids is 1. The number of anilines is 1. The number of pyridine rings is 1. The normalized spacial score (nSPS) is 13.7. The first-order valence-corrected chi connectivity index (χ1v) is 11.2. The van der Waals surface area contributed by atoms with Crippen LogP contribution in [0.3, 0.4) is 0 Å². The largest absolute Gasteiger partial charge is 0.480 e. The Morgan fingerprint density at radius 3 is 2.94 bits per heavy atom. The summed E-state index contributed by atoms with van der Waals surface area (Å²) < 4.78 is 5.58. The highest BCUT2D eigenvalue weighted by Gasteiger charge is 2.23. The monoisotopic (exact) mass is 461 g/mol. The van der Waals surface area contributed by atoms with Gasteiger partial charge in [-0.15, -0.1) is 0 Å². The maximum absolute atomic E-state index is 12.4. The lowest BCUT2D eigenvalue weighted by molar-refractivity contribution is -0.139. The smallest absolute Gasteiger partial charge is 0.326 e. The lowest BCUT2D eigenvalue weighted by Gasteiger charge is -2.17. The summed E-state index contributed by atoms with van der Waals surface area (Å²) in [6.07, 6.45) is 6.25. The van der Waals surface area contributed by atoms with Crippen LogP contribution in [0, 0.1) is 6.92 Å². The molecule has 10 heteroatoms. The van der Waals surface area contributed by atoms with Gasteiger partial charge in [0.15, 0.2) is 0 Å². The van der Waals surface area contributed by atoms with Crippen molar-refractivity contribution < 1.29 is 19.4 Å². The third-order valence-electron chi connectivity index (χ3n) is 5.28. The molecule has 3 N–H and O–H groups in total. The second-order valence-corrected chi connectivity index (χ2v) is 8.12. The van der Waals surface area contributed by atoms with Gasteiger partial charge in [0, 0.05) is 31.9 Å². The molecule has 0 bridgehead atoms. The van der Waals surface area contributed by atoms with Crippen molar-refractivity contribution in [1.29, 1.82) is 0 Å². The van der Waals surface area contributed by atoms with Gasteiger partial charge < -0.3 is 20.5 Å². The fourth-order valence-corrected chi connectivity index (χ4v) is 3.80. The summed E-state index contributed by atoms with van der Waals surface area (Å²) in [6, 6.07) is 3.15. The molecule has 1 atom stereocenters. The van der Waals surface area contributed by atoms with Crippen molar-refractivity contribution in [1.82, 2.24) is 20.5 Å². The van der Waals surface area contributed by atoms with E-state index in [1.165, 1.54) is 11.8 Å². The molecule has 0 unspecified atom stereocenters. The van der Waals surface area contributed by atoms with Crippen LogP contribution >= 0.6 is 11.6 Å². The van der Waals surface area contributed by atoms with Crippen molar-refractivity contribution in [3.63, 3.8) is 0 Å². The maximum Gasteiger partial charge on any atom is 0.326 e. The molecule has 0 saturated heterocycles. The number of aliphatic carboxylic acids is 1. The van der Waals surface area contributed by atoms with Gasteiger partial charge in [0.05, 0.1) is 22.5 Å². The average Bonchev–Trinajstić information content (AvgIpc) is 2.77. The second-order valence-electron chi connectivity index (χ2n) is 7.72. The molecule has 0 radical (unpaired) electrons. The minimum absolute atomic E-state index is 0.125. The number of unbranched alkanes of at least 4 members (excludes halogenated alkanes) is 1. The topological polar surface area (TPSA) is 126 Å². The van der Waals surface area contributed by atoms with Crippen LogP contribution in [0.5, 0.6) is 0 Å². The number of nitrogens with one attached hydrogen (secondary N) is 2. The number of carbonyl (C=O) groups is 2. The van der Waals surface area contributed by atoms with E-state index >= 15 is 0 Å². The minimum Gasteiger partial charge on any atom is -0.480 e. The average molecular weight is 462 g/mol. The van der Waals surface area contributed by atoms with Crippen LogP contribution in [-0.4, -0.2) is 58.0 Å². The molecule has 0 aromatic carbocycles. The number of ether oxygens (including phenoxy) is 1. The Hall–Kier alpha value is -2.78. The van der Waals surface area contributed by atoms with Crippen LogP contribution in [-0.2, 0) is 22.4 Å². The van der Waals surface area contributed by atoms with E-state index in [1.807, 2.05) is 0 Å². The molecule has 0 fully saturated rings. The van der Waals surface area contributed by atoms with Crippen LogP contribution in [0.2, 0.25) is 5.02 Å². The first-order chi connectivity index (χ1) is 15.5. The zero-order chi connectivity index (χ0) is 22.9. The zero-order valence-corrected chi connectivity index (χ0v) is 18.8. The number of amides is 1. The molecule has 172 valence electrons. The third-order valence-corrected chi connectivity index (χ3v) is 5.57. The Labute approximate surface area is 191 Å². The summed E-state index contributed by atoms with van der Waals surface area (Å²) >= 11 is 6.00. The minimum atomic E-state index is -1.13. The molecule has 1 aliphatic rings. The van der Waals surface area contributed by atoms with Gasteiger partial charge in [0.25, 0.3) is 5.91 Å². The van der Waals surface area contributed by atoms with E-state index in [9.17, 15) is 14.7 Å². The Bertz CT molecular complexity index is 936. The Balaban J connectivity index is 1.36. The summed E-state index contributed by atoms with van der Waals surface area (Å²) in [4.78, 5) is 28.6. The molecule has 32 heavy (non-hydrogen) atoms. The van der Waals surface area contributed by atoms with Crippen molar-refractivity contribution in [2.24, 2.45) is 0 Å². The lowest BCUT2D eigenvalue weighted by Crippen LogP contribution is -2.42. The number of nitrogens with zero attached hydrogens (tertiary/aromatic N) is 3. The number of aryl methyl sites for hydroxylation is 3. The SMILES string of the molecule is Cc1nncc(Cl)c1C(=O)N[C@@H](CCOCCCCc1ccc2c(n1)NCCC2)C(=O)O. The summed E-state index contributed by atoms with van der Waals surface area (Å²) in [6.45, 7) is 3.30. The number of carboxylic acids is 1. The molecule has 0 spiro atoms. The van der Waals surface area contributed by atoms with Crippen molar-refractivity contribution >= 4 is 29.3 Å². The summed E-state index contributed by atoms with van der Waals surface area (Å²) in [5, 5.41) is 22.8. The van der Waals surface area contributed by atoms with Gasteiger partial charge in [-0.3, -0.25) is 4.79 Å². The van der Waals surface area contributed by atoms with Crippen LogP contribution < -0.4 is 10.6 Å². The fraction of sp³-hybridized carbons (Fsp3) is 0.500. The van der Waals surface area contributed by atoms with E-state index in [1.54, 1.807) is 6.92 Å². The van der Waals surface area contributed by atoms with E-state index in [2.05, 4.69) is 37.9 Å². The quantitative estimate of drug-likeness (QED) is 0.436. The first-order valence-electron chi connectivity index (χ1n) is 10.8. The predicted octanol–water partition coefficient (Wildman–Crippen LogP) is 2.80. The Kier molecular flexibility index (Phi) is 8.75. The van der Waals surface area contributed by atoms with Crippen LogP contribution in [0.25, 0.3) is 0 Å². The molecule has 1 amide bonds. The molecule has 0 aliphatic carbocycles. The molecule has 2 aromatic heterocycles. The highest BCUT2D eigenvalue weighted by Crippen LogP contribution is 2.20. The Morgan fingerprint density at radius 1 is 1.31 bits per heavy atom. The molecular formula is C22H28ClN5O4. The van der Waals surface area contributed by atoms with Crippen LogP contribution in [0.15, 0.2) is 18.3 Å². The molecule has 0 saturated carbocycles. The number of hydrogen-bond acceptors (Lipinski definition) is 7. The van der Waals surface area contributed by atoms with Crippen LogP contribution in [0.1, 0.15) is 53.0 Å². The van der Waals surface area contributed by atoms with Gasteiger partial charge in [-0.05, 0) is 50.7 Å². The van der Waals surface area contributed by atoms with E-state index in [4.69, 9.17) is 16.3 Å². The summed E-state index contributed by atoms with van der Waals surface area (Å²) in [5.74, 6) is -0.725. The van der Waals surface area contributed by atoms with Gasteiger partial charge in [-0.25, -0.2) is 9.78 Å². The number of halogens is 1. The zero-order valence-electron chi connectivity index (χ0n) is 18.1. The second kappa shape index (κ2) is 11.7. The molecule has 3 heterocycles. The molecule has 3 rings (SSSR count). The van der Waals surface area contributed by atoms with E-state index < -0.39 is 17.9 Å². The number of carboxylic acid groups (broad SMARTS) is 1. The fourth-order valence-electron chi connectivity index (χ4n) is 3.54. The van der Waals surface area contributed by atoms with Gasteiger partial charge in [0.1, 0.15) is 11.9 Å². The van der Waals surface area contributed by atoms with Crippen LogP contribution in [0.4, 0.5) is 5.82 Å². The van der Waals surface area contributed by atoms with E-state index in [0.29, 0.717) is 12.3 Å². The Morgan fingerprint density at radius 2 is 2.16 bits per heavy atom. The van der Waals surface area contributed by atoms with Gasteiger partial charge in [-0.2, -0.15) is 10.2 Å². The predicted molar refractivity (Wildman–Crippen MR) is 120 cm³/mol. The first kappa shape index (κ1) is 23.9. The van der Waals surface area contributed by atoms with Crippen molar-refractivity contribution in [2.45, 2.75) is 51.5 Å². The molecule has 2 aromatic rings. The van der Waals surface area contributed by atoms with Gasteiger partial charge in [-0.1, -0.05) is 17.7 Å². The summed E-state index contributed by atoms with van der Waals surface area (Å²) in [7, 11) is 0. The standard InChI is InChI=1S/C22H28ClN5O4/c1-14-19(17(23)13-25-28-14)21(29)27-18(22(30)31)9-12-32-11-3-2-6-16-8-7-15-5-4-10-24-20(15)26-16/h7-8,13,18H,2-6,9-12H2,1H3,(H,24,26)(H,27,29)(H,30,31)/t18-/m0/s1. The molecule has 9 nitrogen and oxygen atoms in total. The highest BCUT2D eigenvalue weighted by atomic mass is 35.5. The lowest BCUT2D eigenvalue weighted by atomic mass is 10.1.